The van der Waals surface area contributed by atoms with Crippen LogP contribution < -0.4 is 10.6 Å². The predicted octanol–water partition coefficient (Wildman–Crippen LogP) is 1.78. The average molecular weight is 337 g/mol. The third kappa shape index (κ3) is 6.66. The fraction of sp³-hybridized carbons (Fsp3) is 0.611. The van der Waals surface area contributed by atoms with Crippen LogP contribution in [0.2, 0.25) is 0 Å². The molecule has 0 radical (unpaired) electrons. The Morgan fingerprint density at radius 3 is 2.50 bits per heavy atom. The minimum absolute atomic E-state index is 0.202. The topological polar surface area (TPSA) is 78.5 Å². The Kier molecular flexibility index (Phi) is 11.5. The Morgan fingerprint density at radius 1 is 1.25 bits per heavy atom. The van der Waals surface area contributed by atoms with Gasteiger partial charge in [0.2, 0.25) is 11.8 Å². The van der Waals surface area contributed by atoms with Crippen LogP contribution in [-0.4, -0.2) is 49.2 Å². The number of nitrogens with zero attached hydrogens (tertiary/aromatic N) is 1. The molecular formula is C18H31N3O3. The number of aldehydes is 1. The van der Waals surface area contributed by atoms with Gasteiger partial charge in [0.05, 0.1) is 6.04 Å². The van der Waals surface area contributed by atoms with Crippen LogP contribution in [0.3, 0.4) is 0 Å². The number of carbonyl (C=O) groups excluding carboxylic acids is 3. The van der Waals surface area contributed by atoms with Crippen LogP contribution >= 0.6 is 0 Å². The van der Waals surface area contributed by atoms with Crippen LogP contribution in [-0.2, 0) is 14.4 Å². The lowest BCUT2D eigenvalue weighted by molar-refractivity contribution is -0.137. The first-order valence-corrected chi connectivity index (χ1v) is 8.74. The highest BCUT2D eigenvalue weighted by molar-refractivity contribution is 6.00. The highest BCUT2D eigenvalue weighted by Crippen LogP contribution is 2.17. The first-order chi connectivity index (χ1) is 11.6. The normalized spacial score (nSPS) is 19.5. The standard InChI is InChI=1S/C14H19N3O3.2C2H6/c1-17(12-2-3-13(19)16-14(12)20)7-5-10-4-6-15-8-11(10)9-18;2*1-2/h4,8-9,12,15H,2-3,5-7H2,1H3,(H,16,19,20);2*1-2H3. The maximum atomic E-state index is 11.8. The van der Waals surface area contributed by atoms with Gasteiger partial charge in [0.15, 0.2) is 6.29 Å². The Bertz CT molecular complexity index is 484. The van der Waals surface area contributed by atoms with E-state index in [1.165, 1.54) is 0 Å². The quantitative estimate of drug-likeness (QED) is 0.590. The van der Waals surface area contributed by atoms with Crippen LogP contribution in [0, 0.1) is 0 Å². The maximum absolute atomic E-state index is 11.8. The van der Waals surface area contributed by atoms with E-state index in [1.807, 2.05) is 45.7 Å². The smallest absolute Gasteiger partial charge is 0.243 e. The zero-order valence-electron chi connectivity index (χ0n) is 15.5. The van der Waals surface area contributed by atoms with Gasteiger partial charge in [-0.3, -0.25) is 24.6 Å². The molecular weight excluding hydrogens is 306 g/mol. The van der Waals surface area contributed by atoms with Crippen LogP contribution in [0.15, 0.2) is 23.4 Å². The number of hydrogen-bond acceptors (Lipinski definition) is 5. The SMILES string of the molecule is CC.CC.CN(CCC1=CCNC=C1C=O)C1CCC(=O)NC1=O. The van der Waals surface area contributed by atoms with Gasteiger partial charge in [0, 0.05) is 31.3 Å². The molecule has 2 aliphatic rings. The second-order valence-electron chi connectivity index (χ2n) is 5.05. The summed E-state index contributed by atoms with van der Waals surface area (Å²) in [6.07, 6.45) is 6.19. The van der Waals surface area contributed by atoms with E-state index in [0.29, 0.717) is 31.4 Å². The number of dihydropyridines is 1. The lowest BCUT2D eigenvalue weighted by Gasteiger charge is -2.30. The van der Waals surface area contributed by atoms with Crippen LogP contribution in [0.5, 0.6) is 0 Å². The summed E-state index contributed by atoms with van der Waals surface area (Å²) < 4.78 is 0. The number of nitrogens with one attached hydrogen (secondary N) is 2. The Morgan fingerprint density at radius 2 is 1.92 bits per heavy atom. The molecule has 1 fully saturated rings. The Hall–Kier alpha value is -1.95. The lowest BCUT2D eigenvalue weighted by Crippen LogP contribution is -2.51. The Labute approximate surface area is 145 Å². The van der Waals surface area contributed by atoms with E-state index in [0.717, 1.165) is 18.4 Å². The van der Waals surface area contributed by atoms with Crippen molar-refractivity contribution in [3.8, 4) is 0 Å². The summed E-state index contributed by atoms with van der Waals surface area (Å²) in [5.41, 5.74) is 1.66. The molecule has 0 bridgehead atoms. The van der Waals surface area contributed by atoms with E-state index < -0.39 is 0 Å². The summed E-state index contributed by atoms with van der Waals surface area (Å²) in [5.74, 6) is -0.430. The highest BCUT2D eigenvalue weighted by Gasteiger charge is 2.29. The van der Waals surface area contributed by atoms with Crippen LogP contribution in [0.25, 0.3) is 0 Å². The molecule has 1 unspecified atom stereocenters. The number of piperidine rings is 1. The number of likely N-dealkylation sites (N-methyl/N-ethyl adjacent to an activating group) is 1. The predicted molar refractivity (Wildman–Crippen MR) is 96.3 cm³/mol. The minimum Gasteiger partial charge on any atom is -0.387 e. The van der Waals surface area contributed by atoms with E-state index in [2.05, 4.69) is 10.6 Å². The highest BCUT2D eigenvalue weighted by atomic mass is 16.2. The molecule has 2 aliphatic heterocycles. The summed E-state index contributed by atoms with van der Waals surface area (Å²) in [7, 11) is 1.87. The van der Waals surface area contributed by atoms with Crippen molar-refractivity contribution in [2.45, 2.75) is 53.0 Å². The van der Waals surface area contributed by atoms with E-state index in [4.69, 9.17) is 0 Å². The second-order valence-corrected chi connectivity index (χ2v) is 5.05. The number of rotatable bonds is 5. The largest absolute Gasteiger partial charge is 0.387 e. The van der Waals surface area contributed by atoms with E-state index >= 15 is 0 Å². The van der Waals surface area contributed by atoms with Crippen molar-refractivity contribution < 1.29 is 14.4 Å². The molecule has 0 aromatic rings. The van der Waals surface area contributed by atoms with E-state index in [1.54, 1.807) is 6.20 Å². The van der Waals surface area contributed by atoms with E-state index in [9.17, 15) is 14.4 Å². The Balaban J connectivity index is 0.00000123. The van der Waals surface area contributed by atoms with Crippen molar-refractivity contribution in [1.29, 1.82) is 0 Å². The van der Waals surface area contributed by atoms with Gasteiger partial charge in [-0.15, -0.1) is 0 Å². The van der Waals surface area contributed by atoms with Crippen molar-refractivity contribution in [3.05, 3.63) is 23.4 Å². The fourth-order valence-corrected chi connectivity index (χ4v) is 2.47. The van der Waals surface area contributed by atoms with Crippen molar-refractivity contribution in [2.75, 3.05) is 20.1 Å². The number of carbonyl (C=O) groups is 3. The van der Waals surface area contributed by atoms with Crippen molar-refractivity contribution in [2.24, 2.45) is 0 Å². The van der Waals surface area contributed by atoms with Gasteiger partial charge in [0.1, 0.15) is 0 Å². The number of amides is 2. The molecule has 2 rings (SSSR count). The molecule has 2 N–H and O–H groups in total. The van der Waals surface area contributed by atoms with Crippen molar-refractivity contribution >= 4 is 18.1 Å². The first-order valence-electron chi connectivity index (χ1n) is 8.74. The third-order valence-corrected chi connectivity index (χ3v) is 3.70. The molecule has 1 saturated heterocycles. The molecule has 6 heteroatoms. The number of allylic oxidation sites excluding steroid dienone is 1. The van der Waals surface area contributed by atoms with Gasteiger partial charge in [-0.25, -0.2) is 0 Å². The summed E-state index contributed by atoms with van der Waals surface area (Å²) in [6, 6.07) is -0.265. The molecule has 24 heavy (non-hydrogen) atoms. The zero-order chi connectivity index (χ0) is 18.5. The molecule has 136 valence electrons. The molecule has 0 aromatic heterocycles. The molecule has 0 saturated carbocycles. The molecule has 0 spiro atoms. The molecule has 2 heterocycles. The fourth-order valence-electron chi connectivity index (χ4n) is 2.47. The van der Waals surface area contributed by atoms with Gasteiger partial charge < -0.3 is 5.32 Å². The molecule has 0 aromatic carbocycles. The minimum atomic E-state index is -0.265. The van der Waals surface area contributed by atoms with Crippen molar-refractivity contribution in [1.82, 2.24) is 15.5 Å². The summed E-state index contributed by atoms with van der Waals surface area (Å²) in [4.78, 5) is 35.7. The van der Waals surface area contributed by atoms with Gasteiger partial charge in [0.25, 0.3) is 0 Å². The van der Waals surface area contributed by atoms with Gasteiger partial charge in [-0.05, 0) is 25.5 Å². The lowest BCUT2D eigenvalue weighted by atomic mass is 10.0. The molecule has 6 nitrogen and oxygen atoms in total. The molecule has 2 amide bonds. The van der Waals surface area contributed by atoms with Crippen molar-refractivity contribution in [3.63, 3.8) is 0 Å². The summed E-state index contributed by atoms with van der Waals surface area (Å²) in [5, 5.41) is 5.35. The first kappa shape index (κ1) is 22.1. The monoisotopic (exact) mass is 337 g/mol. The third-order valence-electron chi connectivity index (χ3n) is 3.70. The summed E-state index contributed by atoms with van der Waals surface area (Å²) >= 11 is 0. The van der Waals surface area contributed by atoms with Gasteiger partial charge in [-0.2, -0.15) is 0 Å². The van der Waals surface area contributed by atoms with Gasteiger partial charge >= 0.3 is 0 Å². The summed E-state index contributed by atoms with van der Waals surface area (Å²) in [6.45, 7) is 9.39. The van der Waals surface area contributed by atoms with Gasteiger partial charge in [-0.1, -0.05) is 33.8 Å². The average Bonchev–Trinajstić information content (AvgIpc) is 2.63. The number of hydrogen-bond donors (Lipinski definition) is 2. The molecule has 0 aliphatic carbocycles. The van der Waals surface area contributed by atoms with Crippen LogP contribution in [0.1, 0.15) is 47.0 Å². The number of imide groups is 1. The zero-order valence-corrected chi connectivity index (χ0v) is 15.5. The second kappa shape index (κ2) is 12.5. The van der Waals surface area contributed by atoms with Crippen LogP contribution in [0.4, 0.5) is 0 Å². The maximum Gasteiger partial charge on any atom is 0.243 e. The molecule has 1 atom stereocenters. The van der Waals surface area contributed by atoms with E-state index in [-0.39, 0.29) is 17.9 Å².